The van der Waals surface area contributed by atoms with E-state index in [1.165, 1.54) is 0 Å². The van der Waals surface area contributed by atoms with Crippen LogP contribution in [0.25, 0.3) is 16.9 Å². The molecule has 0 bridgehead atoms. The van der Waals surface area contributed by atoms with Gasteiger partial charge >= 0.3 is 0 Å². The van der Waals surface area contributed by atoms with E-state index in [2.05, 4.69) is 20.3 Å². The van der Waals surface area contributed by atoms with Gasteiger partial charge in [-0.05, 0) is 18.2 Å². The van der Waals surface area contributed by atoms with Crippen LogP contribution < -0.4 is 5.32 Å². The van der Waals surface area contributed by atoms with Crippen LogP contribution in [0.4, 0.5) is 5.82 Å². The molecule has 1 amide bonds. The fourth-order valence-corrected chi connectivity index (χ4v) is 2.41. The van der Waals surface area contributed by atoms with E-state index >= 15 is 0 Å². The van der Waals surface area contributed by atoms with Crippen molar-refractivity contribution in [1.82, 2.24) is 24.4 Å². The summed E-state index contributed by atoms with van der Waals surface area (Å²) in [7, 11) is 5.09. The van der Waals surface area contributed by atoms with Crippen LogP contribution in [0.3, 0.4) is 0 Å². The zero-order chi connectivity index (χ0) is 17.8. The number of carbonyl (C=O) groups excluding carboxylic acids is 1. The molecule has 2 heterocycles. The molecular weight excluding hydrogens is 320 g/mol. The van der Waals surface area contributed by atoms with Crippen LogP contribution in [0, 0.1) is 0 Å². The van der Waals surface area contributed by atoms with Gasteiger partial charge in [-0.2, -0.15) is 4.98 Å². The number of nitrogens with one attached hydrogen (secondary N) is 1. The van der Waals surface area contributed by atoms with Crippen LogP contribution in [-0.4, -0.2) is 64.7 Å². The highest BCUT2D eigenvalue weighted by Crippen LogP contribution is 2.23. The number of carbonyl (C=O) groups is 1. The predicted molar refractivity (Wildman–Crippen MR) is 95.0 cm³/mol. The lowest BCUT2D eigenvalue weighted by atomic mass is 10.1. The highest BCUT2D eigenvalue weighted by molar-refractivity contribution is 6.00. The van der Waals surface area contributed by atoms with Crippen LogP contribution in [0.15, 0.2) is 36.9 Å². The lowest BCUT2D eigenvalue weighted by molar-refractivity contribution is 0.0828. The van der Waals surface area contributed by atoms with Gasteiger partial charge in [0.05, 0.1) is 12.1 Å². The number of nitrogens with zero attached hydrogens (tertiary/aromatic N) is 5. The molecule has 0 saturated carbocycles. The van der Waals surface area contributed by atoms with Crippen molar-refractivity contribution in [1.29, 1.82) is 0 Å². The van der Waals surface area contributed by atoms with E-state index < -0.39 is 0 Å². The molecule has 3 rings (SSSR count). The minimum absolute atomic E-state index is 0.0663. The summed E-state index contributed by atoms with van der Waals surface area (Å²) in [4.78, 5) is 27.0. The summed E-state index contributed by atoms with van der Waals surface area (Å²) in [6.07, 6.45) is 5.10. The maximum Gasteiger partial charge on any atom is 0.253 e. The maximum atomic E-state index is 12.2. The first kappa shape index (κ1) is 16.8. The van der Waals surface area contributed by atoms with E-state index in [0.717, 1.165) is 10.9 Å². The normalized spacial score (nSPS) is 10.8. The highest BCUT2D eigenvalue weighted by atomic mass is 16.5. The van der Waals surface area contributed by atoms with Gasteiger partial charge in [0.2, 0.25) is 5.95 Å². The largest absolute Gasteiger partial charge is 0.383 e. The second-order valence-corrected chi connectivity index (χ2v) is 5.69. The van der Waals surface area contributed by atoms with Gasteiger partial charge in [0, 0.05) is 51.1 Å². The molecule has 3 aromatic rings. The van der Waals surface area contributed by atoms with Crippen molar-refractivity contribution in [2.45, 2.75) is 0 Å². The molecule has 0 unspecified atom stereocenters. The number of benzene rings is 1. The molecule has 0 spiro atoms. The van der Waals surface area contributed by atoms with E-state index in [9.17, 15) is 4.79 Å². The van der Waals surface area contributed by atoms with Gasteiger partial charge < -0.3 is 15.0 Å². The first-order valence-corrected chi connectivity index (χ1v) is 7.84. The Balaban J connectivity index is 2.09. The minimum atomic E-state index is -0.0663. The molecule has 0 radical (unpaired) electrons. The summed E-state index contributed by atoms with van der Waals surface area (Å²) in [6.45, 7) is 1.14. The molecule has 0 aliphatic carbocycles. The number of anilines is 1. The van der Waals surface area contributed by atoms with Crippen molar-refractivity contribution >= 4 is 22.6 Å². The number of hydrogen-bond acceptors (Lipinski definition) is 6. The Kier molecular flexibility index (Phi) is 4.90. The zero-order valence-corrected chi connectivity index (χ0v) is 14.4. The molecule has 8 nitrogen and oxygen atoms in total. The third kappa shape index (κ3) is 3.58. The molecule has 0 saturated heterocycles. The smallest absolute Gasteiger partial charge is 0.253 e. The van der Waals surface area contributed by atoms with Gasteiger partial charge in [0.25, 0.3) is 5.91 Å². The molecule has 0 fully saturated rings. The van der Waals surface area contributed by atoms with E-state index in [4.69, 9.17) is 4.74 Å². The van der Waals surface area contributed by atoms with Crippen LogP contribution in [0.2, 0.25) is 0 Å². The standard InChI is InChI=1S/C17H20N6O2/c1-22(2)16(24)12-4-5-14-13(10-12)15(19-7-9-25-3)21-17(20-14)23-8-6-18-11-23/h4-6,8,10-11H,7,9H2,1-3H3,(H,19,20,21). The number of aromatic nitrogens is 4. The molecule has 2 aromatic heterocycles. The van der Waals surface area contributed by atoms with Crippen molar-refractivity contribution < 1.29 is 9.53 Å². The molecule has 25 heavy (non-hydrogen) atoms. The molecule has 0 aliphatic heterocycles. The number of methoxy groups -OCH3 is 1. The van der Waals surface area contributed by atoms with Crippen molar-refractivity contribution in [3.8, 4) is 5.95 Å². The van der Waals surface area contributed by atoms with Crippen LogP contribution in [-0.2, 0) is 4.74 Å². The van der Waals surface area contributed by atoms with Gasteiger partial charge in [0.1, 0.15) is 12.1 Å². The highest BCUT2D eigenvalue weighted by Gasteiger charge is 2.13. The average molecular weight is 340 g/mol. The van der Waals surface area contributed by atoms with Crippen LogP contribution >= 0.6 is 0 Å². The topological polar surface area (TPSA) is 85.2 Å². The van der Waals surface area contributed by atoms with Gasteiger partial charge in [-0.1, -0.05) is 0 Å². The molecule has 0 aliphatic rings. The Bertz CT molecular complexity index is 876. The summed E-state index contributed by atoms with van der Waals surface area (Å²) >= 11 is 0. The number of amides is 1. The molecule has 1 N–H and O–H groups in total. The van der Waals surface area contributed by atoms with E-state index in [0.29, 0.717) is 30.5 Å². The number of ether oxygens (including phenoxy) is 1. The summed E-state index contributed by atoms with van der Waals surface area (Å²) in [5.41, 5.74) is 1.33. The quantitative estimate of drug-likeness (QED) is 0.686. The molecular formula is C17H20N6O2. The van der Waals surface area contributed by atoms with Crippen molar-refractivity contribution in [2.75, 3.05) is 39.7 Å². The third-order valence-corrected chi connectivity index (χ3v) is 3.67. The Morgan fingerprint density at radius 1 is 1.32 bits per heavy atom. The fourth-order valence-electron chi connectivity index (χ4n) is 2.41. The zero-order valence-electron chi connectivity index (χ0n) is 14.4. The second-order valence-electron chi connectivity index (χ2n) is 5.69. The minimum Gasteiger partial charge on any atom is -0.383 e. The Morgan fingerprint density at radius 2 is 2.16 bits per heavy atom. The van der Waals surface area contributed by atoms with E-state index in [1.54, 1.807) is 55.5 Å². The average Bonchev–Trinajstić information content (AvgIpc) is 3.15. The Morgan fingerprint density at radius 3 is 2.84 bits per heavy atom. The van der Waals surface area contributed by atoms with Crippen LogP contribution in [0.5, 0.6) is 0 Å². The Labute approximate surface area is 145 Å². The lowest BCUT2D eigenvalue weighted by Gasteiger charge is -2.13. The summed E-state index contributed by atoms with van der Waals surface area (Å²) in [5, 5.41) is 4.04. The second kappa shape index (κ2) is 7.27. The van der Waals surface area contributed by atoms with Crippen molar-refractivity contribution in [2.24, 2.45) is 0 Å². The van der Waals surface area contributed by atoms with E-state index in [1.807, 2.05) is 12.1 Å². The monoisotopic (exact) mass is 340 g/mol. The maximum absolute atomic E-state index is 12.2. The summed E-state index contributed by atoms with van der Waals surface area (Å²) in [6, 6.07) is 5.41. The van der Waals surface area contributed by atoms with Crippen LogP contribution in [0.1, 0.15) is 10.4 Å². The molecule has 0 atom stereocenters. The third-order valence-electron chi connectivity index (χ3n) is 3.67. The Hall–Kier alpha value is -3.00. The van der Waals surface area contributed by atoms with Gasteiger partial charge in [-0.3, -0.25) is 9.36 Å². The summed E-state index contributed by atoms with van der Waals surface area (Å²) < 4.78 is 6.83. The lowest BCUT2D eigenvalue weighted by Crippen LogP contribution is -2.21. The SMILES string of the molecule is COCCNc1nc(-n2ccnc2)nc2ccc(C(=O)N(C)C)cc12. The molecule has 130 valence electrons. The number of hydrogen-bond donors (Lipinski definition) is 1. The number of rotatable bonds is 6. The van der Waals surface area contributed by atoms with E-state index in [-0.39, 0.29) is 5.91 Å². The number of fused-ring (bicyclic) bond motifs is 1. The molecule has 1 aromatic carbocycles. The van der Waals surface area contributed by atoms with Gasteiger partial charge in [-0.25, -0.2) is 9.97 Å². The van der Waals surface area contributed by atoms with Crippen molar-refractivity contribution in [3.05, 3.63) is 42.5 Å². The predicted octanol–water partition coefficient (Wildman–Crippen LogP) is 1.58. The first-order chi connectivity index (χ1) is 12.1. The van der Waals surface area contributed by atoms with Gasteiger partial charge in [0.15, 0.2) is 0 Å². The fraction of sp³-hybridized carbons (Fsp3) is 0.294. The first-order valence-electron chi connectivity index (χ1n) is 7.84. The van der Waals surface area contributed by atoms with Gasteiger partial charge in [-0.15, -0.1) is 0 Å². The number of imidazole rings is 1. The van der Waals surface area contributed by atoms with Crippen molar-refractivity contribution in [3.63, 3.8) is 0 Å². The summed E-state index contributed by atoms with van der Waals surface area (Å²) in [5.74, 6) is 1.10. The molecule has 8 heteroatoms.